The number of carbonyl (C=O) groups excluding carboxylic acids is 1. The van der Waals surface area contributed by atoms with Crippen molar-refractivity contribution >= 4 is 38.9 Å². The highest BCUT2D eigenvalue weighted by Gasteiger charge is 2.32. The number of benzene rings is 3. The van der Waals surface area contributed by atoms with Crippen molar-refractivity contribution in [3.8, 4) is 5.75 Å². The molecule has 0 bridgehead atoms. The van der Waals surface area contributed by atoms with Gasteiger partial charge in [-0.15, -0.1) is 0 Å². The zero-order chi connectivity index (χ0) is 26.5. The van der Waals surface area contributed by atoms with E-state index in [1.54, 1.807) is 0 Å². The highest BCUT2D eigenvalue weighted by Crippen LogP contribution is 2.35. The van der Waals surface area contributed by atoms with Crippen LogP contribution in [0.25, 0.3) is 0 Å². The number of anilines is 1. The van der Waals surface area contributed by atoms with E-state index in [0.29, 0.717) is 12.0 Å². The predicted octanol–water partition coefficient (Wildman–Crippen LogP) is 5.03. The Hall–Kier alpha value is -3.63. The lowest BCUT2D eigenvalue weighted by atomic mass is 10.0. The molecule has 0 saturated carbocycles. The van der Waals surface area contributed by atoms with Gasteiger partial charge in [0.25, 0.3) is 15.7 Å². The second kappa shape index (κ2) is 11.4. The first kappa shape index (κ1) is 27.0. The summed E-state index contributed by atoms with van der Waals surface area (Å²) in [6.07, 6.45) is 0.577. The van der Waals surface area contributed by atoms with Gasteiger partial charge in [0.1, 0.15) is 12.3 Å². The number of sulfonamides is 1. The van der Waals surface area contributed by atoms with Crippen LogP contribution in [0, 0.1) is 17.0 Å². The molecule has 1 N–H and O–H groups in total. The van der Waals surface area contributed by atoms with E-state index in [4.69, 9.17) is 16.3 Å². The number of aryl methyl sites for hydroxylation is 1. The first-order chi connectivity index (χ1) is 17.1. The van der Waals surface area contributed by atoms with E-state index < -0.39 is 27.4 Å². The maximum atomic E-state index is 13.8. The lowest BCUT2D eigenvalue weighted by Crippen LogP contribution is -2.42. The number of nitro benzene ring substituents is 1. The largest absolute Gasteiger partial charge is 0.495 e. The Labute approximate surface area is 214 Å². The van der Waals surface area contributed by atoms with E-state index in [0.717, 1.165) is 15.9 Å². The van der Waals surface area contributed by atoms with Crippen molar-refractivity contribution in [2.45, 2.75) is 31.2 Å². The van der Waals surface area contributed by atoms with Crippen molar-refractivity contribution in [3.05, 3.63) is 93.0 Å². The Morgan fingerprint density at radius 1 is 1.14 bits per heavy atom. The van der Waals surface area contributed by atoms with Gasteiger partial charge in [-0.1, -0.05) is 54.9 Å². The summed E-state index contributed by atoms with van der Waals surface area (Å²) >= 11 is 6.16. The van der Waals surface area contributed by atoms with E-state index in [2.05, 4.69) is 5.32 Å². The molecular weight excluding hydrogens is 506 g/mol. The summed E-state index contributed by atoms with van der Waals surface area (Å²) in [4.78, 5) is 23.6. The summed E-state index contributed by atoms with van der Waals surface area (Å²) in [6, 6.07) is 16.9. The zero-order valence-corrected chi connectivity index (χ0v) is 21.5. The zero-order valence-electron chi connectivity index (χ0n) is 20.0. The van der Waals surface area contributed by atoms with Crippen LogP contribution in [-0.2, 0) is 14.8 Å². The summed E-state index contributed by atoms with van der Waals surface area (Å²) < 4.78 is 33.8. The van der Waals surface area contributed by atoms with Gasteiger partial charge < -0.3 is 10.1 Å². The number of nitro groups is 1. The fourth-order valence-electron chi connectivity index (χ4n) is 3.71. The number of methoxy groups -OCH3 is 1. The number of hydrogen-bond acceptors (Lipinski definition) is 6. The van der Waals surface area contributed by atoms with Crippen molar-refractivity contribution < 1.29 is 22.9 Å². The van der Waals surface area contributed by atoms with Crippen LogP contribution in [0.2, 0.25) is 5.02 Å². The maximum Gasteiger partial charge on any atom is 0.273 e. The molecule has 11 heteroatoms. The molecule has 0 saturated heterocycles. The molecule has 190 valence electrons. The van der Waals surface area contributed by atoms with Gasteiger partial charge in [0.05, 0.1) is 28.7 Å². The van der Waals surface area contributed by atoms with Crippen LogP contribution in [0.5, 0.6) is 5.75 Å². The third-order valence-corrected chi connectivity index (χ3v) is 7.60. The smallest absolute Gasteiger partial charge is 0.273 e. The molecule has 1 atom stereocenters. The van der Waals surface area contributed by atoms with Gasteiger partial charge in [-0.2, -0.15) is 0 Å². The molecule has 0 fully saturated rings. The Morgan fingerprint density at radius 3 is 2.44 bits per heavy atom. The van der Waals surface area contributed by atoms with Crippen LogP contribution in [-0.4, -0.2) is 32.9 Å². The molecule has 0 aromatic heterocycles. The molecule has 0 radical (unpaired) electrons. The number of halogens is 1. The first-order valence-corrected chi connectivity index (χ1v) is 12.9. The third kappa shape index (κ3) is 5.95. The van der Waals surface area contributed by atoms with Crippen molar-refractivity contribution in [1.82, 2.24) is 5.32 Å². The van der Waals surface area contributed by atoms with Gasteiger partial charge in [0.2, 0.25) is 5.91 Å². The molecule has 0 aliphatic heterocycles. The average Bonchev–Trinajstić information content (AvgIpc) is 2.86. The number of nitrogens with zero attached hydrogens (tertiary/aromatic N) is 2. The van der Waals surface area contributed by atoms with Crippen LogP contribution in [0.3, 0.4) is 0 Å². The standard InChI is InChI=1S/C25H26ClN3O6S/c1-4-21(18-8-6-5-7-9-18)27-25(30)16-28(23-14-19(26)11-13-24(23)35-3)36(33,34)20-12-10-17(2)22(15-20)29(31)32/h5-15,21H,4,16H2,1-3H3,(H,27,30)/t21-/m1/s1. The Balaban J connectivity index is 2.06. The highest BCUT2D eigenvalue weighted by molar-refractivity contribution is 7.92. The Kier molecular flexibility index (Phi) is 8.54. The molecule has 3 aromatic rings. The van der Waals surface area contributed by atoms with Gasteiger partial charge in [0, 0.05) is 16.7 Å². The third-order valence-electron chi connectivity index (χ3n) is 5.61. The molecule has 36 heavy (non-hydrogen) atoms. The van der Waals surface area contributed by atoms with Crippen LogP contribution >= 0.6 is 11.6 Å². The van der Waals surface area contributed by atoms with Crippen LogP contribution < -0.4 is 14.4 Å². The van der Waals surface area contributed by atoms with Crippen molar-refractivity contribution in [2.24, 2.45) is 0 Å². The molecule has 3 rings (SSSR count). The first-order valence-electron chi connectivity index (χ1n) is 11.0. The second-order valence-electron chi connectivity index (χ2n) is 7.97. The molecule has 0 unspecified atom stereocenters. The lowest BCUT2D eigenvalue weighted by Gasteiger charge is -2.27. The van der Waals surface area contributed by atoms with Gasteiger partial charge in [0.15, 0.2) is 0 Å². The van der Waals surface area contributed by atoms with E-state index >= 15 is 0 Å². The lowest BCUT2D eigenvalue weighted by molar-refractivity contribution is -0.385. The maximum absolute atomic E-state index is 13.8. The Bertz CT molecular complexity index is 1370. The topological polar surface area (TPSA) is 119 Å². The molecule has 0 aliphatic rings. The van der Waals surface area contributed by atoms with Gasteiger partial charge >= 0.3 is 0 Å². The minimum absolute atomic E-state index is 0.0242. The summed E-state index contributed by atoms with van der Waals surface area (Å²) in [5.74, 6) is -0.412. The van der Waals surface area contributed by atoms with Gasteiger partial charge in [-0.25, -0.2) is 8.42 Å². The van der Waals surface area contributed by atoms with E-state index in [-0.39, 0.29) is 33.1 Å². The molecular formula is C25H26ClN3O6S. The molecule has 0 heterocycles. The molecule has 1 amide bonds. The summed E-state index contributed by atoms with van der Waals surface area (Å²) in [6.45, 7) is 2.80. The van der Waals surface area contributed by atoms with Crippen molar-refractivity contribution in [3.63, 3.8) is 0 Å². The van der Waals surface area contributed by atoms with E-state index in [9.17, 15) is 23.3 Å². The minimum atomic E-state index is -4.45. The quantitative estimate of drug-likeness (QED) is 0.289. The summed E-state index contributed by atoms with van der Waals surface area (Å²) in [5, 5.41) is 14.5. The molecule has 0 aliphatic carbocycles. The number of nitrogens with one attached hydrogen (secondary N) is 1. The average molecular weight is 532 g/mol. The summed E-state index contributed by atoms with van der Waals surface area (Å²) in [5.41, 5.74) is 0.847. The minimum Gasteiger partial charge on any atom is -0.495 e. The van der Waals surface area contributed by atoms with Crippen molar-refractivity contribution in [2.75, 3.05) is 18.0 Å². The monoisotopic (exact) mass is 531 g/mol. The number of carbonyl (C=O) groups is 1. The van der Waals surface area contributed by atoms with Gasteiger partial charge in [-0.3, -0.25) is 19.2 Å². The normalized spacial score (nSPS) is 12.0. The highest BCUT2D eigenvalue weighted by atomic mass is 35.5. The number of ether oxygens (including phenoxy) is 1. The Morgan fingerprint density at radius 2 is 1.83 bits per heavy atom. The fraction of sp³-hybridized carbons (Fsp3) is 0.240. The molecule has 3 aromatic carbocycles. The second-order valence-corrected chi connectivity index (χ2v) is 10.3. The molecule has 9 nitrogen and oxygen atoms in total. The fourth-order valence-corrected chi connectivity index (χ4v) is 5.32. The number of hydrogen-bond donors (Lipinski definition) is 1. The van der Waals surface area contributed by atoms with Crippen LogP contribution in [0.15, 0.2) is 71.6 Å². The SMILES string of the molecule is CC[C@@H](NC(=O)CN(c1cc(Cl)ccc1OC)S(=O)(=O)c1ccc(C)c([N+](=O)[O-])c1)c1ccccc1. The van der Waals surface area contributed by atoms with Gasteiger partial charge in [-0.05, 0) is 43.2 Å². The predicted molar refractivity (Wildman–Crippen MR) is 138 cm³/mol. The summed E-state index contributed by atoms with van der Waals surface area (Å²) in [7, 11) is -3.09. The van der Waals surface area contributed by atoms with Crippen molar-refractivity contribution in [1.29, 1.82) is 0 Å². The van der Waals surface area contributed by atoms with Crippen LogP contribution in [0.1, 0.15) is 30.5 Å². The van der Waals surface area contributed by atoms with E-state index in [1.807, 2.05) is 37.3 Å². The number of rotatable bonds is 10. The van der Waals surface area contributed by atoms with E-state index in [1.165, 1.54) is 44.4 Å². The molecule has 0 spiro atoms. The number of amides is 1. The van der Waals surface area contributed by atoms with Crippen LogP contribution in [0.4, 0.5) is 11.4 Å².